The number of aromatic nitrogens is 2. The highest BCUT2D eigenvalue weighted by atomic mass is 35.5. The minimum atomic E-state index is -1.13. The van der Waals surface area contributed by atoms with E-state index in [0.29, 0.717) is 41.0 Å². The summed E-state index contributed by atoms with van der Waals surface area (Å²) in [5.74, 6) is -1.26. The van der Waals surface area contributed by atoms with E-state index < -0.39 is 18.0 Å². The number of benzene rings is 1. The first-order valence-electron chi connectivity index (χ1n) is 10.0. The summed E-state index contributed by atoms with van der Waals surface area (Å²) >= 11 is 12.2. The lowest BCUT2D eigenvalue weighted by Gasteiger charge is -2.14. The van der Waals surface area contributed by atoms with Crippen molar-refractivity contribution in [2.75, 3.05) is 7.11 Å². The van der Waals surface area contributed by atoms with Crippen LogP contribution >= 0.6 is 23.2 Å². The van der Waals surface area contributed by atoms with Gasteiger partial charge in [-0.15, -0.1) is 0 Å². The number of carbonyl (C=O) groups is 2. The van der Waals surface area contributed by atoms with Gasteiger partial charge in [-0.1, -0.05) is 43.5 Å². The van der Waals surface area contributed by atoms with Crippen LogP contribution < -0.4 is 0 Å². The van der Waals surface area contributed by atoms with Crippen LogP contribution in [0.3, 0.4) is 0 Å². The molecule has 2 rings (SSSR count). The Bertz CT molecular complexity index is 920. The Kier molecular flexibility index (Phi) is 9.52. The van der Waals surface area contributed by atoms with E-state index in [0.717, 1.165) is 12.0 Å². The largest absolute Gasteiger partial charge is 0.477 e. The molecule has 0 aliphatic carbocycles. The first-order valence-corrected chi connectivity index (χ1v) is 10.8. The van der Waals surface area contributed by atoms with Gasteiger partial charge in [-0.2, -0.15) is 0 Å². The lowest BCUT2D eigenvalue weighted by atomic mass is 10.0. The Morgan fingerprint density at radius 3 is 2.48 bits per heavy atom. The summed E-state index contributed by atoms with van der Waals surface area (Å²) in [5.41, 5.74) is 1.56. The molecule has 0 saturated carbocycles. The average Bonchev–Trinajstić information content (AvgIpc) is 3.11. The van der Waals surface area contributed by atoms with Crippen molar-refractivity contribution >= 4 is 40.9 Å². The fourth-order valence-electron chi connectivity index (χ4n) is 3.17. The van der Waals surface area contributed by atoms with Gasteiger partial charge in [-0.05, 0) is 42.5 Å². The fraction of sp³-hybridized carbons (Fsp3) is 0.455. The number of halogens is 2. The number of aliphatic imine (C=N–C) groups is 1. The molecule has 2 aromatic rings. The number of hydrogen-bond acceptors (Lipinski definition) is 5. The highest BCUT2D eigenvalue weighted by Crippen LogP contribution is 2.21. The van der Waals surface area contributed by atoms with Crippen LogP contribution in [0.4, 0.5) is 0 Å². The van der Waals surface area contributed by atoms with E-state index in [1.54, 1.807) is 30.7 Å². The molecule has 0 radical (unpaired) electrons. The zero-order valence-electron chi connectivity index (χ0n) is 17.8. The van der Waals surface area contributed by atoms with Crippen molar-refractivity contribution in [1.29, 1.82) is 0 Å². The molecule has 168 valence electrons. The molecule has 0 fully saturated rings. The molecule has 0 aliphatic rings. The highest BCUT2D eigenvalue weighted by molar-refractivity contribution is 6.36. The number of carboxylic acids is 1. The first kappa shape index (κ1) is 24.9. The monoisotopic (exact) mass is 467 g/mol. The summed E-state index contributed by atoms with van der Waals surface area (Å²) in [6.07, 6.45) is 5.26. The van der Waals surface area contributed by atoms with Gasteiger partial charge < -0.3 is 14.4 Å². The van der Waals surface area contributed by atoms with Crippen LogP contribution in [0.5, 0.6) is 0 Å². The van der Waals surface area contributed by atoms with E-state index in [2.05, 4.69) is 23.8 Å². The van der Waals surface area contributed by atoms with E-state index in [9.17, 15) is 14.7 Å². The van der Waals surface area contributed by atoms with Crippen LogP contribution in [0.25, 0.3) is 0 Å². The Hall–Kier alpha value is -2.38. The van der Waals surface area contributed by atoms with Crippen molar-refractivity contribution in [2.45, 2.75) is 52.1 Å². The second-order valence-electron chi connectivity index (χ2n) is 7.70. The second kappa shape index (κ2) is 11.9. The van der Waals surface area contributed by atoms with Crippen molar-refractivity contribution in [3.63, 3.8) is 0 Å². The smallest absolute Gasteiger partial charge is 0.349 e. The predicted octanol–water partition coefficient (Wildman–Crippen LogP) is 4.67. The summed E-state index contributed by atoms with van der Waals surface area (Å²) in [6.45, 7) is 4.58. The van der Waals surface area contributed by atoms with Crippen molar-refractivity contribution < 1.29 is 19.4 Å². The zero-order valence-corrected chi connectivity index (χ0v) is 19.4. The fourth-order valence-corrected chi connectivity index (χ4v) is 3.74. The van der Waals surface area contributed by atoms with E-state index in [1.165, 1.54) is 7.11 Å². The van der Waals surface area contributed by atoms with E-state index >= 15 is 0 Å². The minimum Gasteiger partial charge on any atom is -0.477 e. The van der Waals surface area contributed by atoms with Gasteiger partial charge in [0.05, 0.1) is 13.4 Å². The normalized spacial score (nSPS) is 12.8. The number of imidazole rings is 1. The van der Waals surface area contributed by atoms with Gasteiger partial charge in [-0.3, -0.25) is 4.99 Å². The topological polar surface area (TPSA) is 93.8 Å². The molecule has 0 amide bonds. The molecule has 1 aromatic heterocycles. The third kappa shape index (κ3) is 7.99. The molecule has 0 unspecified atom stereocenters. The summed E-state index contributed by atoms with van der Waals surface area (Å²) in [4.78, 5) is 32.4. The molecule has 0 saturated heterocycles. The molecule has 0 bridgehead atoms. The van der Waals surface area contributed by atoms with E-state index in [4.69, 9.17) is 27.9 Å². The molecule has 0 spiro atoms. The van der Waals surface area contributed by atoms with Crippen LogP contribution in [0.1, 0.15) is 44.4 Å². The Morgan fingerprint density at radius 2 is 1.90 bits per heavy atom. The number of carboxylic acid groups (broad SMARTS) is 1. The van der Waals surface area contributed by atoms with Crippen LogP contribution in [-0.2, 0) is 27.3 Å². The van der Waals surface area contributed by atoms with E-state index in [-0.39, 0.29) is 12.1 Å². The standard InChI is InChI=1S/C22H27Cl2N3O4/c1-14(2)5-4-6-19(21(28)29)26-20(22(30)31-3)10-18-11-25-13-27(18)12-15-7-16(23)9-17(24)8-15/h7-9,11,13-14,20H,4-6,10,12H2,1-3H3,(H,28,29)/t20-/m0/s1. The maximum absolute atomic E-state index is 12.4. The number of carbonyl (C=O) groups excluding carboxylic acids is 1. The summed E-state index contributed by atoms with van der Waals surface area (Å²) < 4.78 is 6.71. The van der Waals surface area contributed by atoms with Crippen LogP contribution in [0, 0.1) is 5.92 Å². The van der Waals surface area contributed by atoms with Crippen LogP contribution in [-0.4, -0.2) is 45.5 Å². The molecular weight excluding hydrogens is 441 g/mol. The Balaban J connectivity index is 2.24. The average molecular weight is 468 g/mol. The number of aliphatic carboxylic acids is 1. The van der Waals surface area contributed by atoms with Crippen LogP contribution in [0.2, 0.25) is 10.0 Å². The number of hydrogen-bond donors (Lipinski definition) is 1. The molecule has 31 heavy (non-hydrogen) atoms. The highest BCUT2D eigenvalue weighted by Gasteiger charge is 2.23. The van der Waals surface area contributed by atoms with Crippen molar-refractivity contribution in [2.24, 2.45) is 10.9 Å². The first-order chi connectivity index (χ1) is 14.7. The SMILES string of the molecule is COC(=O)[C@H](Cc1cncn1Cc1cc(Cl)cc(Cl)c1)N=C(CCCC(C)C)C(=O)O. The van der Waals surface area contributed by atoms with Crippen molar-refractivity contribution in [3.05, 3.63) is 52.0 Å². The quantitative estimate of drug-likeness (QED) is 0.382. The second-order valence-corrected chi connectivity index (χ2v) is 8.57. The van der Waals surface area contributed by atoms with Crippen molar-refractivity contribution in [1.82, 2.24) is 9.55 Å². The number of ether oxygens (including phenoxy) is 1. The van der Waals surface area contributed by atoms with Crippen LogP contribution in [0.15, 0.2) is 35.7 Å². The zero-order chi connectivity index (χ0) is 23.0. The van der Waals surface area contributed by atoms with E-state index in [1.807, 2.05) is 4.57 Å². The lowest BCUT2D eigenvalue weighted by molar-refractivity contribution is -0.142. The summed E-state index contributed by atoms with van der Waals surface area (Å²) in [5, 5.41) is 10.6. The number of nitrogens with zero attached hydrogens (tertiary/aromatic N) is 3. The molecule has 1 N–H and O–H groups in total. The molecule has 1 aromatic carbocycles. The Labute approximate surface area is 192 Å². The van der Waals surface area contributed by atoms with Gasteiger partial charge in [0.25, 0.3) is 0 Å². The molecule has 1 atom stereocenters. The van der Waals surface area contributed by atoms with Gasteiger partial charge in [0, 0.05) is 34.9 Å². The predicted molar refractivity (Wildman–Crippen MR) is 121 cm³/mol. The van der Waals surface area contributed by atoms with Gasteiger partial charge in [0.1, 0.15) is 5.71 Å². The molecule has 7 nitrogen and oxygen atoms in total. The molecular formula is C22H27Cl2N3O4. The van der Waals surface area contributed by atoms with Gasteiger partial charge >= 0.3 is 11.9 Å². The van der Waals surface area contributed by atoms with Gasteiger partial charge in [0.2, 0.25) is 0 Å². The maximum atomic E-state index is 12.4. The maximum Gasteiger partial charge on any atom is 0.349 e. The number of methoxy groups -OCH3 is 1. The Morgan fingerprint density at radius 1 is 1.23 bits per heavy atom. The molecule has 0 aliphatic heterocycles. The lowest BCUT2D eigenvalue weighted by Crippen LogP contribution is -2.27. The number of rotatable bonds is 11. The third-order valence-corrected chi connectivity index (χ3v) is 5.14. The van der Waals surface area contributed by atoms with Crippen molar-refractivity contribution in [3.8, 4) is 0 Å². The minimum absolute atomic E-state index is 0.0243. The molecule has 1 heterocycles. The molecule has 9 heteroatoms. The number of esters is 1. The third-order valence-electron chi connectivity index (χ3n) is 4.70. The van der Waals surface area contributed by atoms with Gasteiger partial charge in [-0.25, -0.2) is 14.6 Å². The van der Waals surface area contributed by atoms with Gasteiger partial charge in [0.15, 0.2) is 6.04 Å². The summed E-state index contributed by atoms with van der Waals surface area (Å²) in [7, 11) is 1.26. The summed E-state index contributed by atoms with van der Waals surface area (Å²) in [6, 6.07) is 4.26.